The average molecular weight is 586 g/mol. The molecule has 1 saturated carbocycles. The molecule has 0 aliphatic heterocycles. The van der Waals surface area contributed by atoms with Crippen molar-refractivity contribution in [3.05, 3.63) is 79.4 Å². The molecule has 0 aromatic heterocycles. The van der Waals surface area contributed by atoms with Crippen LogP contribution in [0.3, 0.4) is 0 Å². The van der Waals surface area contributed by atoms with Crippen molar-refractivity contribution < 1.29 is 40.0 Å². The third-order valence-corrected chi connectivity index (χ3v) is 6.80. The normalized spacial score (nSPS) is 21.6. The second kappa shape index (κ2) is 17.4. The van der Waals surface area contributed by atoms with Gasteiger partial charge >= 0.3 is 0 Å². The summed E-state index contributed by atoms with van der Waals surface area (Å²) < 4.78 is 0. The number of rotatable bonds is 18. The highest BCUT2D eigenvalue weighted by Crippen LogP contribution is 2.36. The highest BCUT2D eigenvalue weighted by molar-refractivity contribution is 6.30. The molecule has 40 heavy (non-hydrogen) atoms. The summed E-state index contributed by atoms with van der Waals surface area (Å²) in [6, 6.07) is 6.37. The molecule has 1 aliphatic carbocycles. The second-order valence-corrected chi connectivity index (χ2v) is 10.1. The van der Waals surface area contributed by atoms with Crippen LogP contribution in [0.2, 0.25) is 5.02 Å². The number of aliphatic hydroxyl groups excluding tert-OH is 3. The van der Waals surface area contributed by atoms with Crippen molar-refractivity contribution in [3.8, 4) is 0 Å². The Kier molecular flexibility index (Phi) is 14.4. The summed E-state index contributed by atoms with van der Waals surface area (Å²) in [5.41, 5.74) is 1.02. The van der Waals surface area contributed by atoms with Gasteiger partial charge in [-0.2, -0.15) is 0 Å². The molecule has 0 saturated heterocycles. The van der Waals surface area contributed by atoms with Gasteiger partial charge < -0.3 is 30.3 Å². The van der Waals surface area contributed by atoms with E-state index in [1.54, 1.807) is 18.2 Å². The van der Waals surface area contributed by atoms with Crippen LogP contribution < -0.4 is 5.32 Å². The molecule has 0 spiro atoms. The number of carbonyl (C=O) groups excluding carboxylic acids is 1. The summed E-state index contributed by atoms with van der Waals surface area (Å²) in [5, 5.41) is 52.8. The van der Waals surface area contributed by atoms with Crippen LogP contribution in [0.5, 0.6) is 0 Å². The number of aryl methyl sites for hydroxylation is 1. The summed E-state index contributed by atoms with van der Waals surface area (Å²) in [6.07, 6.45) is 7.96. The number of unbranched alkanes of at least 4 members (excludes halogenated alkanes) is 1. The quantitative estimate of drug-likeness (QED) is 0.0860. The van der Waals surface area contributed by atoms with E-state index in [2.05, 4.69) is 15.0 Å². The molecule has 222 valence electrons. The van der Waals surface area contributed by atoms with Gasteiger partial charge in [0.1, 0.15) is 13.2 Å². The lowest BCUT2D eigenvalue weighted by Crippen LogP contribution is -2.42. The summed E-state index contributed by atoms with van der Waals surface area (Å²) in [5.74, 6) is -1.01. The Labute approximate surface area is 236 Å². The Bertz CT molecular complexity index is 1010. The minimum atomic E-state index is -1.07. The van der Waals surface area contributed by atoms with Gasteiger partial charge in [0.15, 0.2) is 0 Å². The van der Waals surface area contributed by atoms with Crippen molar-refractivity contribution in [1.29, 1.82) is 0 Å². The van der Waals surface area contributed by atoms with Crippen LogP contribution >= 0.6 is 11.6 Å². The molecule has 14 heteroatoms. The molecule has 1 aromatic rings. The Morgan fingerprint density at radius 2 is 1.85 bits per heavy atom. The number of allylic oxidation sites excluding steroid dienone is 2. The molecule has 1 aromatic carbocycles. The maximum atomic E-state index is 12.1. The van der Waals surface area contributed by atoms with Crippen molar-refractivity contribution >= 4 is 17.5 Å². The zero-order valence-corrected chi connectivity index (χ0v) is 22.7. The van der Waals surface area contributed by atoms with Crippen LogP contribution in [0.4, 0.5) is 0 Å². The van der Waals surface area contributed by atoms with Crippen molar-refractivity contribution in [1.82, 2.24) is 5.32 Å². The number of nitrogens with one attached hydrogen (secondary N) is 1. The first kappa shape index (κ1) is 32.9. The van der Waals surface area contributed by atoms with Crippen molar-refractivity contribution in [2.24, 2.45) is 11.8 Å². The Morgan fingerprint density at radius 3 is 2.50 bits per heavy atom. The number of amides is 1. The van der Waals surface area contributed by atoms with E-state index in [4.69, 9.17) is 11.6 Å². The summed E-state index contributed by atoms with van der Waals surface area (Å²) in [7, 11) is 0. The molecular weight excluding hydrogens is 550 g/mol. The standard InChI is InChI=1S/C26H36ClN3O10/c27-19-7-5-6-18(14-19)10-11-21(31)12-13-23-22(24(32)15-25(23)33)8-3-1-2-4-9-26(34)28-20(16-39-29(35)36)17-40-30(37)38/h1,3,5-7,12-14,20-25,31-33H,2,4,8-11,15-17H2,(H,28,34)/t21-,22+,23+,24-,25+/m0/s1. The molecule has 4 N–H and O–H groups in total. The molecule has 1 aliphatic rings. The maximum Gasteiger partial charge on any atom is 0.294 e. The van der Waals surface area contributed by atoms with E-state index in [0.29, 0.717) is 37.1 Å². The molecule has 2 rings (SSSR count). The number of nitrogens with zero attached hydrogens (tertiary/aromatic N) is 2. The third kappa shape index (κ3) is 12.7. The van der Waals surface area contributed by atoms with E-state index in [1.165, 1.54) is 0 Å². The lowest BCUT2D eigenvalue weighted by Gasteiger charge is -2.19. The van der Waals surface area contributed by atoms with Crippen LogP contribution in [0.1, 0.15) is 44.1 Å². The van der Waals surface area contributed by atoms with E-state index in [0.717, 1.165) is 5.56 Å². The average Bonchev–Trinajstić information content (AvgIpc) is 3.16. The van der Waals surface area contributed by atoms with Gasteiger partial charge in [0.05, 0.1) is 24.4 Å². The van der Waals surface area contributed by atoms with Crippen LogP contribution in [-0.2, 0) is 20.9 Å². The predicted octanol–water partition coefficient (Wildman–Crippen LogP) is 2.57. The zero-order chi connectivity index (χ0) is 29.5. The van der Waals surface area contributed by atoms with Gasteiger partial charge in [-0.3, -0.25) is 4.79 Å². The number of carbonyl (C=O) groups is 1. The van der Waals surface area contributed by atoms with Gasteiger partial charge in [-0.25, -0.2) is 0 Å². The zero-order valence-electron chi connectivity index (χ0n) is 21.9. The second-order valence-electron chi connectivity index (χ2n) is 9.63. The van der Waals surface area contributed by atoms with E-state index in [9.17, 15) is 40.3 Å². The van der Waals surface area contributed by atoms with Crippen LogP contribution in [0, 0.1) is 32.1 Å². The van der Waals surface area contributed by atoms with Gasteiger partial charge in [0.2, 0.25) is 5.91 Å². The monoisotopic (exact) mass is 585 g/mol. The molecule has 0 radical (unpaired) electrons. The lowest BCUT2D eigenvalue weighted by molar-refractivity contribution is -0.766. The van der Waals surface area contributed by atoms with E-state index in [1.807, 2.05) is 30.4 Å². The van der Waals surface area contributed by atoms with Gasteiger partial charge in [-0.05, 0) is 55.7 Å². The Balaban J connectivity index is 1.75. The van der Waals surface area contributed by atoms with Crippen LogP contribution in [0.25, 0.3) is 0 Å². The molecule has 0 bridgehead atoms. The molecule has 5 atom stereocenters. The van der Waals surface area contributed by atoms with Gasteiger partial charge in [-0.1, -0.05) is 48.0 Å². The van der Waals surface area contributed by atoms with E-state index < -0.39 is 53.6 Å². The van der Waals surface area contributed by atoms with Gasteiger partial charge in [-0.15, -0.1) is 20.2 Å². The number of benzene rings is 1. The molecular formula is C26H36ClN3O10. The molecule has 0 unspecified atom stereocenters. The predicted molar refractivity (Wildman–Crippen MR) is 144 cm³/mol. The van der Waals surface area contributed by atoms with Crippen molar-refractivity contribution in [3.63, 3.8) is 0 Å². The molecule has 1 amide bonds. The minimum Gasteiger partial charge on any atom is -0.393 e. The van der Waals surface area contributed by atoms with E-state index >= 15 is 0 Å². The van der Waals surface area contributed by atoms with Gasteiger partial charge in [0, 0.05) is 23.8 Å². The maximum absolute atomic E-state index is 12.1. The summed E-state index contributed by atoms with van der Waals surface area (Å²) in [6.45, 7) is -1.17. The lowest BCUT2D eigenvalue weighted by atomic mass is 9.89. The first-order valence-corrected chi connectivity index (χ1v) is 13.4. The molecule has 1 fully saturated rings. The Hall–Kier alpha value is -3.26. The topological polar surface area (TPSA) is 195 Å². The number of halogens is 1. The number of hydrogen-bond donors (Lipinski definition) is 4. The van der Waals surface area contributed by atoms with Crippen LogP contribution in [0.15, 0.2) is 48.6 Å². The molecule has 0 heterocycles. The summed E-state index contributed by atoms with van der Waals surface area (Å²) >= 11 is 6.00. The minimum absolute atomic E-state index is 0.0704. The highest BCUT2D eigenvalue weighted by atomic mass is 35.5. The largest absolute Gasteiger partial charge is 0.393 e. The van der Waals surface area contributed by atoms with Crippen molar-refractivity contribution in [2.45, 2.75) is 69.3 Å². The highest BCUT2D eigenvalue weighted by Gasteiger charge is 2.39. The number of hydrogen-bond acceptors (Lipinski definition) is 10. The van der Waals surface area contributed by atoms with Crippen LogP contribution in [-0.4, -0.2) is 69.0 Å². The van der Waals surface area contributed by atoms with Gasteiger partial charge in [0.25, 0.3) is 10.2 Å². The SMILES string of the molecule is O=C(CCCC=CC[C@@H]1[C@@H](C=C[C@@H](O)CCc2cccc(Cl)c2)[C@H](O)C[C@@H]1O)NC(CO[N+](=O)[O-])CO[N+](=O)[O-]. The third-order valence-electron chi connectivity index (χ3n) is 6.57. The number of aliphatic hydroxyl groups is 3. The molecule has 13 nitrogen and oxygen atoms in total. The fourth-order valence-corrected chi connectivity index (χ4v) is 4.76. The fourth-order valence-electron chi connectivity index (χ4n) is 4.55. The smallest absolute Gasteiger partial charge is 0.294 e. The van der Waals surface area contributed by atoms with E-state index in [-0.39, 0.29) is 24.7 Å². The Morgan fingerprint density at radius 1 is 1.15 bits per heavy atom. The first-order chi connectivity index (χ1) is 19.0. The summed E-state index contributed by atoms with van der Waals surface area (Å²) in [4.78, 5) is 41.1. The van der Waals surface area contributed by atoms with Crippen molar-refractivity contribution in [2.75, 3.05) is 13.2 Å². The first-order valence-electron chi connectivity index (χ1n) is 13.0. The fraction of sp³-hybridized carbons (Fsp3) is 0.577.